The van der Waals surface area contributed by atoms with Crippen molar-refractivity contribution in [1.29, 1.82) is 0 Å². The molecule has 0 unspecified atom stereocenters. The van der Waals surface area contributed by atoms with Gasteiger partial charge in [-0.2, -0.15) is 4.98 Å². The molecule has 0 radical (unpaired) electrons. The summed E-state index contributed by atoms with van der Waals surface area (Å²) in [6, 6.07) is 11.6. The quantitative estimate of drug-likeness (QED) is 0.738. The van der Waals surface area contributed by atoms with Crippen molar-refractivity contribution in [2.24, 2.45) is 0 Å². The van der Waals surface area contributed by atoms with Gasteiger partial charge in [0.25, 0.3) is 5.91 Å². The van der Waals surface area contributed by atoms with E-state index < -0.39 is 0 Å². The highest BCUT2D eigenvalue weighted by Gasteiger charge is 2.20. The van der Waals surface area contributed by atoms with Crippen LogP contribution in [0.5, 0.6) is 0 Å². The predicted molar refractivity (Wildman–Crippen MR) is 97.9 cm³/mol. The fourth-order valence-electron chi connectivity index (χ4n) is 2.91. The van der Waals surface area contributed by atoms with E-state index in [9.17, 15) is 4.79 Å². The molecule has 6 nitrogen and oxygen atoms in total. The van der Waals surface area contributed by atoms with E-state index in [1.807, 2.05) is 36.4 Å². The van der Waals surface area contributed by atoms with Crippen molar-refractivity contribution in [1.82, 2.24) is 15.5 Å². The summed E-state index contributed by atoms with van der Waals surface area (Å²) in [7, 11) is 0. The molecule has 0 bridgehead atoms. The average Bonchev–Trinajstić information content (AvgIpc) is 3.40. The summed E-state index contributed by atoms with van der Waals surface area (Å²) in [6.45, 7) is 3.04. The second-order valence-corrected chi connectivity index (χ2v) is 7.34. The Hall–Kier alpha value is -2.51. The lowest BCUT2D eigenvalue weighted by molar-refractivity contribution is 0.0955. The second-order valence-electron chi connectivity index (χ2n) is 6.22. The molecule has 0 spiro atoms. The Morgan fingerprint density at radius 3 is 2.81 bits per heavy atom. The van der Waals surface area contributed by atoms with E-state index in [0.29, 0.717) is 18.3 Å². The van der Waals surface area contributed by atoms with Gasteiger partial charge in [0.05, 0.1) is 11.0 Å². The van der Waals surface area contributed by atoms with E-state index in [2.05, 4.69) is 15.5 Å². The zero-order chi connectivity index (χ0) is 17.9. The first-order chi connectivity index (χ1) is 12.7. The standard InChI is InChI=1S/C19H19N3O3S/c1-12-21-18(22-25-12)14-6-4-13(5-7-14)11-20-19(23)17-9-8-16(26-17)15-3-2-10-24-15/h4-9,15H,2-3,10-11H2,1H3,(H,20,23)/t15-/m1/s1. The molecule has 1 amide bonds. The number of rotatable bonds is 5. The van der Waals surface area contributed by atoms with Crippen LogP contribution in [0.2, 0.25) is 0 Å². The summed E-state index contributed by atoms with van der Waals surface area (Å²) in [6.07, 6.45) is 2.28. The number of carbonyl (C=O) groups is 1. The van der Waals surface area contributed by atoms with Crippen molar-refractivity contribution in [3.8, 4) is 11.4 Å². The van der Waals surface area contributed by atoms with Gasteiger partial charge in [-0.25, -0.2) is 0 Å². The molecule has 134 valence electrons. The van der Waals surface area contributed by atoms with Crippen LogP contribution >= 0.6 is 11.3 Å². The number of thiophene rings is 1. The van der Waals surface area contributed by atoms with Crippen molar-refractivity contribution in [3.05, 3.63) is 57.6 Å². The minimum absolute atomic E-state index is 0.0582. The number of aryl methyl sites for hydroxylation is 1. The van der Waals surface area contributed by atoms with Crippen LogP contribution in [-0.4, -0.2) is 22.7 Å². The molecule has 3 heterocycles. The van der Waals surface area contributed by atoms with Gasteiger partial charge in [-0.15, -0.1) is 11.3 Å². The first-order valence-electron chi connectivity index (χ1n) is 8.58. The van der Waals surface area contributed by atoms with E-state index in [4.69, 9.17) is 9.26 Å². The highest BCUT2D eigenvalue weighted by atomic mass is 32.1. The van der Waals surface area contributed by atoms with Crippen LogP contribution in [0.3, 0.4) is 0 Å². The molecule has 4 rings (SSSR count). The van der Waals surface area contributed by atoms with Crippen LogP contribution < -0.4 is 5.32 Å². The van der Waals surface area contributed by atoms with Gasteiger partial charge in [0.1, 0.15) is 0 Å². The molecule has 1 aliphatic rings. The summed E-state index contributed by atoms with van der Waals surface area (Å²) in [5, 5.41) is 6.86. The lowest BCUT2D eigenvalue weighted by Gasteiger charge is -2.06. The number of ether oxygens (including phenoxy) is 1. The molecule has 3 aromatic rings. The number of aromatic nitrogens is 2. The Bertz CT molecular complexity index is 895. The molecular weight excluding hydrogens is 350 g/mol. The van der Waals surface area contributed by atoms with Crippen LogP contribution in [0.4, 0.5) is 0 Å². The number of carbonyl (C=O) groups excluding carboxylic acids is 1. The summed E-state index contributed by atoms with van der Waals surface area (Å²) in [5.74, 6) is 1.05. The molecule has 7 heteroatoms. The third kappa shape index (κ3) is 3.68. The number of benzene rings is 1. The van der Waals surface area contributed by atoms with Gasteiger partial charge in [0.2, 0.25) is 11.7 Å². The number of amides is 1. The maximum Gasteiger partial charge on any atom is 0.261 e. The van der Waals surface area contributed by atoms with Crippen LogP contribution in [0, 0.1) is 6.92 Å². The van der Waals surface area contributed by atoms with Gasteiger partial charge < -0.3 is 14.6 Å². The summed E-state index contributed by atoms with van der Waals surface area (Å²) in [4.78, 5) is 18.4. The monoisotopic (exact) mass is 369 g/mol. The second kappa shape index (κ2) is 7.39. The summed E-state index contributed by atoms with van der Waals surface area (Å²) < 4.78 is 10.7. The molecule has 1 aliphatic heterocycles. The van der Waals surface area contributed by atoms with Crippen molar-refractivity contribution in [3.63, 3.8) is 0 Å². The smallest absolute Gasteiger partial charge is 0.261 e. The number of hydrogen-bond donors (Lipinski definition) is 1. The van der Waals surface area contributed by atoms with Crippen LogP contribution in [0.15, 0.2) is 40.9 Å². The van der Waals surface area contributed by atoms with Gasteiger partial charge in [-0.3, -0.25) is 4.79 Å². The van der Waals surface area contributed by atoms with Crippen molar-refractivity contribution < 1.29 is 14.1 Å². The average molecular weight is 369 g/mol. The highest BCUT2D eigenvalue weighted by Crippen LogP contribution is 2.33. The van der Waals surface area contributed by atoms with E-state index in [1.54, 1.807) is 6.92 Å². The lowest BCUT2D eigenvalue weighted by atomic mass is 10.1. The topological polar surface area (TPSA) is 77.2 Å². The molecule has 0 saturated carbocycles. The van der Waals surface area contributed by atoms with Crippen LogP contribution in [0.25, 0.3) is 11.4 Å². The van der Waals surface area contributed by atoms with Gasteiger partial charge in [-0.1, -0.05) is 29.4 Å². The zero-order valence-electron chi connectivity index (χ0n) is 14.4. The van der Waals surface area contributed by atoms with Crippen molar-refractivity contribution in [2.75, 3.05) is 6.61 Å². The first-order valence-corrected chi connectivity index (χ1v) is 9.40. The summed E-state index contributed by atoms with van der Waals surface area (Å²) >= 11 is 1.51. The largest absolute Gasteiger partial charge is 0.373 e. The normalized spacial score (nSPS) is 16.7. The van der Waals surface area contributed by atoms with E-state index in [0.717, 1.165) is 40.3 Å². The Kier molecular flexibility index (Phi) is 4.81. The number of hydrogen-bond acceptors (Lipinski definition) is 6. The summed E-state index contributed by atoms with van der Waals surface area (Å²) in [5.41, 5.74) is 1.90. The predicted octanol–water partition coefficient (Wildman–Crippen LogP) is 3.89. The van der Waals surface area contributed by atoms with E-state index in [-0.39, 0.29) is 12.0 Å². The lowest BCUT2D eigenvalue weighted by Crippen LogP contribution is -2.21. The van der Waals surface area contributed by atoms with Crippen molar-refractivity contribution in [2.45, 2.75) is 32.4 Å². The minimum Gasteiger partial charge on any atom is -0.373 e. The van der Waals surface area contributed by atoms with Crippen molar-refractivity contribution >= 4 is 17.2 Å². The maximum absolute atomic E-state index is 12.4. The fourth-order valence-corrected chi connectivity index (χ4v) is 3.92. The Morgan fingerprint density at radius 1 is 1.27 bits per heavy atom. The van der Waals surface area contributed by atoms with Gasteiger partial charge in [0, 0.05) is 30.5 Å². The van der Waals surface area contributed by atoms with Gasteiger partial charge in [0.15, 0.2) is 0 Å². The molecule has 2 aromatic heterocycles. The molecule has 1 atom stereocenters. The molecule has 1 N–H and O–H groups in total. The third-order valence-electron chi connectivity index (χ3n) is 4.29. The van der Waals surface area contributed by atoms with Crippen LogP contribution in [-0.2, 0) is 11.3 Å². The molecule has 1 aromatic carbocycles. The number of nitrogens with zero attached hydrogens (tertiary/aromatic N) is 2. The molecule has 26 heavy (non-hydrogen) atoms. The SMILES string of the molecule is Cc1nc(-c2ccc(CNC(=O)c3ccc([C@H]4CCCO4)s3)cc2)no1. The Labute approximate surface area is 155 Å². The van der Waals surface area contributed by atoms with Gasteiger partial charge >= 0.3 is 0 Å². The molecule has 1 fully saturated rings. The Morgan fingerprint density at radius 2 is 2.12 bits per heavy atom. The van der Waals surface area contributed by atoms with Gasteiger partial charge in [-0.05, 0) is 30.5 Å². The van der Waals surface area contributed by atoms with E-state index in [1.165, 1.54) is 11.3 Å². The van der Waals surface area contributed by atoms with Crippen LogP contribution in [0.1, 0.15) is 44.9 Å². The maximum atomic E-state index is 12.4. The number of nitrogens with one attached hydrogen (secondary N) is 1. The zero-order valence-corrected chi connectivity index (χ0v) is 15.2. The molecule has 0 aliphatic carbocycles. The fraction of sp³-hybridized carbons (Fsp3) is 0.316. The van der Waals surface area contributed by atoms with E-state index >= 15 is 0 Å². The first kappa shape index (κ1) is 16.9. The highest BCUT2D eigenvalue weighted by molar-refractivity contribution is 7.14. The minimum atomic E-state index is -0.0582. The molecular formula is C19H19N3O3S. The molecule has 1 saturated heterocycles. The third-order valence-corrected chi connectivity index (χ3v) is 5.47. The Balaban J connectivity index is 1.35.